The number of carbonyl (C=O) groups excluding carboxylic acids is 7. The number of hydrogen-bond acceptors (Lipinski definition) is 12. The normalized spacial score (nSPS) is 27.7. The molecule has 23 heteroatoms. The summed E-state index contributed by atoms with van der Waals surface area (Å²) in [5, 5.41) is 56.6. The number of hydrogen-bond donors (Lipinski definition) is 12. The predicted molar refractivity (Wildman–Crippen MR) is 273 cm³/mol. The number of amides is 7. The molecule has 23 nitrogen and oxygen atoms in total. The second-order valence-electron chi connectivity index (χ2n) is 19.0. The zero-order chi connectivity index (χ0) is 55.4. The standard InChI is InChI=1S/C51H74N10O13/c1-27(24-28(2)40(63)26-33-12-9-8-10-13-33)15-20-36-29(3)43(65)58-38(49(71)72)21-22-41(64)61(7)32(6)46(68)55-31(5)45(67)59-39(25-34-16-18-35(62)19-17-34)48(70)60-42(50(73)74)30(4)44(66)57-37(47(69)56-36)14-11-23-54-51(52)53/h8-10,12-13,15-16,18,20,24,28-31,34-40,42,62-63H,6,11,14,17,19,21-23,25-26H2,1-5,7H3,(H,55,68)(H,56,69)(H,57,66)(H,58,65)(H,59,67)(H,60,70)(H,71,72)(H,73,74)(H4,52,53,54). The molecule has 3 rings (SSSR count). The van der Waals surface area contributed by atoms with Gasteiger partial charge in [-0.15, -0.1) is 0 Å². The number of nitrogens with zero attached hydrogens (tertiary/aromatic N) is 2. The summed E-state index contributed by atoms with van der Waals surface area (Å²) in [6.45, 7) is 11.1. The molecule has 0 aromatic heterocycles. The second-order valence-corrected chi connectivity index (χ2v) is 19.0. The lowest BCUT2D eigenvalue weighted by molar-refractivity contribution is -0.146. The fourth-order valence-corrected chi connectivity index (χ4v) is 8.06. The third-order valence-corrected chi connectivity index (χ3v) is 13.0. The van der Waals surface area contributed by atoms with Crippen molar-refractivity contribution >= 4 is 59.2 Å². The number of rotatable bonds is 14. The minimum atomic E-state index is -1.94. The van der Waals surface area contributed by atoms with Gasteiger partial charge in [-0.2, -0.15) is 0 Å². The molecule has 2 aliphatic rings. The quantitative estimate of drug-likeness (QED) is 0.0283. The van der Waals surface area contributed by atoms with Crippen LogP contribution in [0.15, 0.2) is 83.6 Å². The third kappa shape index (κ3) is 19.6. The highest BCUT2D eigenvalue weighted by Crippen LogP contribution is 2.23. The molecule has 14 N–H and O–H groups in total. The maximum absolute atomic E-state index is 14.4. The highest BCUT2D eigenvalue weighted by Gasteiger charge is 2.38. The minimum Gasteiger partial charge on any atom is -0.480 e. The summed E-state index contributed by atoms with van der Waals surface area (Å²) in [6, 6.07) is 0.260. The van der Waals surface area contributed by atoms with Gasteiger partial charge in [0.2, 0.25) is 35.4 Å². The van der Waals surface area contributed by atoms with Gasteiger partial charge in [0.1, 0.15) is 35.9 Å². The molecule has 7 amide bonds. The molecule has 0 radical (unpaired) electrons. The lowest BCUT2D eigenvalue weighted by atomic mass is 9.88. The number of aliphatic hydroxyl groups is 2. The molecule has 1 aliphatic carbocycles. The number of aliphatic hydroxyl groups excluding tert-OH is 2. The van der Waals surface area contributed by atoms with Crippen LogP contribution in [0.1, 0.15) is 85.1 Å². The molecule has 1 saturated heterocycles. The molecule has 1 heterocycles. The number of carboxylic acid groups (broad SMARTS) is 2. The molecule has 0 spiro atoms. The van der Waals surface area contributed by atoms with Crippen LogP contribution in [0.4, 0.5) is 0 Å². The van der Waals surface area contributed by atoms with Gasteiger partial charge in [0.15, 0.2) is 5.96 Å². The Labute approximate surface area is 430 Å². The highest BCUT2D eigenvalue weighted by molar-refractivity contribution is 6.00. The number of carboxylic acids is 2. The first kappa shape index (κ1) is 60.9. The van der Waals surface area contributed by atoms with Crippen LogP contribution in [0.25, 0.3) is 0 Å². The van der Waals surface area contributed by atoms with Crippen molar-refractivity contribution in [2.24, 2.45) is 40.1 Å². The fraction of sp³-hybridized carbons (Fsp3) is 0.529. The zero-order valence-electron chi connectivity index (χ0n) is 42.8. The lowest BCUT2D eigenvalue weighted by Crippen LogP contribution is -2.59. The summed E-state index contributed by atoms with van der Waals surface area (Å²) >= 11 is 0. The Morgan fingerprint density at radius 2 is 1.46 bits per heavy atom. The van der Waals surface area contributed by atoms with Crippen molar-refractivity contribution in [3.8, 4) is 0 Å². The van der Waals surface area contributed by atoms with Gasteiger partial charge in [0.25, 0.3) is 5.91 Å². The first-order valence-electron chi connectivity index (χ1n) is 24.5. The highest BCUT2D eigenvalue weighted by atomic mass is 16.4. The number of aliphatic imine (C=N–C) groups is 1. The van der Waals surface area contributed by atoms with Crippen LogP contribution in [-0.4, -0.2) is 147 Å². The van der Waals surface area contributed by atoms with Gasteiger partial charge in [-0.25, -0.2) is 9.59 Å². The number of likely N-dealkylation sites (N-methyl/N-ethyl adjacent to an activating group) is 1. The van der Waals surface area contributed by atoms with E-state index < -0.39 is 132 Å². The molecular weight excluding hydrogens is 961 g/mol. The van der Waals surface area contributed by atoms with Crippen molar-refractivity contribution in [3.63, 3.8) is 0 Å². The summed E-state index contributed by atoms with van der Waals surface area (Å²) in [4.78, 5) is 127. The third-order valence-electron chi connectivity index (χ3n) is 13.0. The van der Waals surface area contributed by atoms with E-state index in [1.54, 1.807) is 25.2 Å². The van der Waals surface area contributed by atoms with Crippen LogP contribution >= 0.6 is 0 Å². The number of carbonyl (C=O) groups is 9. The van der Waals surface area contributed by atoms with E-state index in [-0.39, 0.29) is 43.6 Å². The van der Waals surface area contributed by atoms with Crippen LogP contribution in [0.2, 0.25) is 0 Å². The van der Waals surface area contributed by atoms with Crippen LogP contribution in [0.5, 0.6) is 0 Å². The van der Waals surface area contributed by atoms with E-state index in [1.807, 2.05) is 37.3 Å². The van der Waals surface area contributed by atoms with E-state index in [0.29, 0.717) is 24.8 Å². The Balaban J connectivity index is 2.12. The molecular formula is C51H74N10O13. The Morgan fingerprint density at radius 1 is 0.824 bits per heavy atom. The number of benzene rings is 1. The molecule has 406 valence electrons. The Hall–Kier alpha value is -7.40. The monoisotopic (exact) mass is 1030 g/mol. The largest absolute Gasteiger partial charge is 0.480 e. The maximum Gasteiger partial charge on any atom is 0.327 e. The van der Waals surface area contributed by atoms with Crippen molar-refractivity contribution in [3.05, 3.63) is 84.1 Å². The maximum atomic E-state index is 14.4. The zero-order valence-corrected chi connectivity index (χ0v) is 42.8. The fourth-order valence-electron chi connectivity index (χ4n) is 8.06. The van der Waals surface area contributed by atoms with Crippen LogP contribution < -0.4 is 43.4 Å². The van der Waals surface area contributed by atoms with Gasteiger partial charge in [-0.3, -0.25) is 38.6 Å². The number of nitrogens with two attached hydrogens (primary N) is 2. The molecule has 12 atom stereocenters. The average Bonchev–Trinajstić information content (AvgIpc) is 3.35. The Morgan fingerprint density at radius 3 is 2.07 bits per heavy atom. The molecule has 0 bridgehead atoms. The van der Waals surface area contributed by atoms with Crippen LogP contribution in [0, 0.1) is 23.7 Å². The topological polar surface area (TPSA) is 374 Å². The van der Waals surface area contributed by atoms with E-state index in [1.165, 1.54) is 40.0 Å². The Kier molecular flexibility index (Phi) is 24.1. The van der Waals surface area contributed by atoms with Gasteiger partial charge >= 0.3 is 11.9 Å². The average molecular weight is 1040 g/mol. The number of aliphatic carboxylic acids is 2. The molecule has 74 heavy (non-hydrogen) atoms. The van der Waals surface area contributed by atoms with Gasteiger partial charge in [0.05, 0.1) is 30.1 Å². The Bertz CT molecular complexity index is 2320. The number of guanidine groups is 1. The summed E-state index contributed by atoms with van der Waals surface area (Å²) in [6.07, 6.45) is 6.47. The van der Waals surface area contributed by atoms with Crippen molar-refractivity contribution in [1.82, 2.24) is 36.8 Å². The minimum absolute atomic E-state index is 0.000679. The second kappa shape index (κ2) is 29.3. The molecule has 1 aliphatic heterocycles. The van der Waals surface area contributed by atoms with E-state index in [2.05, 4.69) is 43.5 Å². The van der Waals surface area contributed by atoms with Crippen molar-refractivity contribution in [1.29, 1.82) is 0 Å². The first-order chi connectivity index (χ1) is 34.8. The summed E-state index contributed by atoms with van der Waals surface area (Å²) in [7, 11) is 1.20. The van der Waals surface area contributed by atoms with Gasteiger partial charge < -0.3 is 68.7 Å². The van der Waals surface area contributed by atoms with Crippen LogP contribution in [-0.2, 0) is 49.6 Å². The summed E-state index contributed by atoms with van der Waals surface area (Å²) < 4.78 is 0. The van der Waals surface area contributed by atoms with Crippen molar-refractivity contribution < 1.29 is 63.6 Å². The molecule has 0 saturated carbocycles. The molecule has 1 aromatic rings. The van der Waals surface area contributed by atoms with Gasteiger partial charge in [-0.1, -0.05) is 93.6 Å². The smallest absolute Gasteiger partial charge is 0.327 e. The number of allylic oxidation sites excluding steroid dienone is 3. The lowest BCUT2D eigenvalue weighted by Gasteiger charge is -2.29. The van der Waals surface area contributed by atoms with Gasteiger partial charge in [-0.05, 0) is 70.3 Å². The molecule has 1 aromatic carbocycles. The first-order valence-corrected chi connectivity index (χ1v) is 24.5. The van der Waals surface area contributed by atoms with E-state index in [0.717, 1.165) is 10.5 Å². The van der Waals surface area contributed by atoms with Crippen molar-refractivity contribution in [2.45, 2.75) is 134 Å². The SMILES string of the molecule is C=C1C(=O)NC(C)C(=O)NC(CC2C=CC(O)CC2)C(=O)NC(C(=O)O)C(C)C(=O)NC(CCCN=C(N)N)C(=O)NC(C=CC(C)=CC(C)C(O)Cc2ccccc2)C(C)C(=O)NC(C(=O)O)CCC(=O)N1C. The number of nitrogens with one attached hydrogen (secondary N) is 6. The predicted octanol–water partition coefficient (Wildman–Crippen LogP) is -0.365. The van der Waals surface area contributed by atoms with Crippen LogP contribution in [0.3, 0.4) is 0 Å². The van der Waals surface area contributed by atoms with E-state index in [9.17, 15) is 63.6 Å². The molecule has 1 fully saturated rings. The van der Waals surface area contributed by atoms with Gasteiger partial charge in [0, 0.05) is 25.9 Å². The summed E-state index contributed by atoms with van der Waals surface area (Å²) in [5.74, 6) is -13.4. The van der Waals surface area contributed by atoms with E-state index in [4.69, 9.17) is 11.5 Å². The van der Waals surface area contributed by atoms with Crippen molar-refractivity contribution in [2.75, 3.05) is 13.6 Å². The van der Waals surface area contributed by atoms with E-state index >= 15 is 0 Å². The summed E-state index contributed by atoms with van der Waals surface area (Å²) in [5.41, 5.74) is 12.1. The molecule has 12 unspecified atom stereocenters.